The first-order valence-corrected chi connectivity index (χ1v) is 9.96. The number of anilines is 1. The van der Waals surface area contributed by atoms with Gasteiger partial charge in [0.05, 0.1) is 28.4 Å². The molecule has 2 N–H and O–H groups in total. The summed E-state index contributed by atoms with van der Waals surface area (Å²) in [5.74, 6) is -0.685. The fraction of sp³-hybridized carbons (Fsp3) is 0.364. The van der Waals surface area contributed by atoms with E-state index >= 15 is 0 Å². The molecule has 2 aromatic heterocycles. The Morgan fingerprint density at radius 3 is 2.62 bits per heavy atom. The number of carbonyl (C=O) groups excluding carboxylic acids is 1. The van der Waals surface area contributed by atoms with Crippen molar-refractivity contribution in [2.75, 3.05) is 5.32 Å². The number of hydrogen-bond acceptors (Lipinski definition) is 5. The lowest BCUT2D eigenvalue weighted by atomic mass is 9.71. The highest BCUT2D eigenvalue weighted by atomic mass is 19.4. The topological polar surface area (TPSA) is 104 Å². The van der Waals surface area contributed by atoms with Gasteiger partial charge in [-0.1, -0.05) is 6.07 Å². The molecular formula is C22H20F3N5O2. The number of alkyl halides is 3. The van der Waals surface area contributed by atoms with Crippen LogP contribution in [0.1, 0.15) is 54.5 Å². The number of halogens is 3. The second kappa shape index (κ2) is 7.60. The molecule has 1 amide bonds. The van der Waals surface area contributed by atoms with Crippen LogP contribution in [0.2, 0.25) is 0 Å². The maximum absolute atomic E-state index is 12.9. The van der Waals surface area contributed by atoms with E-state index in [4.69, 9.17) is 0 Å². The average molecular weight is 443 g/mol. The van der Waals surface area contributed by atoms with Crippen LogP contribution in [0.15, 0.2) is 36.5 Å². The second-order valence-corrected chi connectivity index (χ2v) is 8.51. The summed E-state index contributed by atoms with van der Waals surface area (Å²) in [5, 5.41) is 27.3. The van der Waals surface area contributed by atoms with Crippen LogP contribution in [0.4, 0.5) is 18.9 Å². The van der Waals surface area contributed by atoms with Gasteiger partial charge in [-0.25, -0.2) is 4.98 Å². The zero-order valence-corrected chi connectivity index (χ0v) is 17.3. The number of aromatic nitrogens is 3. The largest absolute Gasteiger partial charge is 0.433 e. The molecule has 0 saturated heterocycles. The lowest BCUT2D eigenvalue weighted by molar-refractivity contribution is -0.141. The molecule has 4 rings (SSSR count). The van der Waals surface area contributed by atoms with Crippen LogP contribution in [0.5, 0.6) is 0 Å². The van der Waals surface area contributed by atoms with Gasteiger partial charge in [-0.05, 0) is 56.9 Å². The molecule has 1 saturated carbocycles. The van der Waals surface area contributed by atoms with Crippen LogP contribution in [0.25, 0.3) is 10.9 Å². The third-order valence-corrected chi connectivity index (χ3v) is 5.79. The summed E-state index contributed by atoms with van der Waals surface area (Å²) in [4.78, 5) is 15.9. The first kappa shape index (κ1) is 21.8. The minimum atomic E-state index is -4.67. The van der Waals surface area contributed by atoms with Gasteiger partial charge >= 0.3 is 6.18 Å². The Bertz CT molecular complexity index is 1230. The average Bonchev–Trinajstić information content (AvgIpc) is 3.06. The summed E-state index contributed by atoms with van der Waals surface area (Å²) >= 11 is 0. The second-order valence-electron chi connectivity index (χ2n) is 8.51. The van der Waals surface area contributed by atoms with Gasteiger partial charge in [0.25, 0.3) is 5.91 Å². The third-order valence-electron chi connectivity index (χ3n) is 5.79. The van der Waals surface area contributed by atoms with Gasteiger partial charge in [0.2, 0.25) is 0 Å². The molecule has 3 aromatic rings. The normalized spacial score (nSPS) is 18.8. The van der Waals surface area contributed by atoms with E-state index in [1.807, 2.05) is 6.07 Å². The summed E-state index contributed by atoms with van der Waals surface area (Å²) in [5.41, 5.74) is -1.49. The Labute approximate surface area is 181 Å². The van der Waals surface area contributed by atoms with Crippen molar-refractivity contribution in [2.45, 2.75) is 44.5 Å². The van der Waals surface area contributed by atoms with E-state index in [0.29, 0.717) is 10.9 Å². The van der Waals surface area contributed by atoms with Crippen LogP contribution < -0.4 is 5.32 Å². The number of carbonyl (C=O) groups is 1. The molecule has 10 heteroatoms. The third kappa shape index (κ3) is 4.16. The molecular weight excluding hydrogens is 423 g/mol. The van der Waals surface area contributed by atoms with E-state index < -0.39 is 29.1 Å². The maximum atomic E-state index is 12.9. The van der Waals surface area contributed by atoms with Gasteiger partial charge in [-0.15, -0.1) is 0 Å². The molecule has 1 fully saturated rings. The summed E-state index contributed by atoms with van der Waals surface area (Å²) in [6, 6.07) is 8.23. The van der Waals surface area contributed by atoms with E-state index in [-0.39, 0.29) is 23.2 Å². The number of aliphatic hydroxyl groups is 1. The first-order valence-electron chi connectivity index (χ1n) is 9.96. The van der Waals surface area contributed by atoms with Crippen molar-refractivity contribution in [3.63, 3.8) is 0 Å². The van der Waals surface area contributed by atoms with Crippen LogP contribution in [0.3, 0.4) is 0 Å². The van der Waals surface area contributed by atoms with Gasteiger partial charge in [0, 0.05) is 11.6 Å². The molecule has 0 atom stereocenters. The van der Waals surface area contributed by atoms with Crippen LogP contribution in [-0.4, -0.2) is 31.4 Å². The molecule has 0 bridgehead atoms. The quantitative estimate of drug-likeness (QED) is 0.626. The Hall–Kier alpha value is -3.45. The Morgan fingerprint density at radius 2 is 2.00 bits per heavy atom. The fourth-order valence-corrected chi connectivity index (χ4v) is 3.76. The lowest BCUT2D eigenvalue weighted by Gasteiger charge is -2.42. The minimum absolute atomic E-state index is 0.122. The van der Waals surface area contributed by atoms with Crippen molar-refractivity contribution >= 4 is 22.5 Å². The van der Waals surface area contributed by atoms with Gasteiger partial charge in [0.15, 0.2) is 0 Å². The number of pyridine rings is 1. The number of nitriles is 1. The molecule has 2 heterocycles. The first-order chi connectivity index (χ1) is 15.0. The highest BCUT2D eigenvalue weighted by Crippen LogP contribution is 2.44. The molecule has 1 aliphatic carbocycles. The molecule has 0 unspecified atom stereocenters. The van der Waals surface area contributed by atoms with Crippen molar-refractivity contribution in [2.24, 2.45) is 5.92 Å². The molecule has 7 nitrogen and oxygen atoms in total. The summed E-state index contributed by atoms with van der Waals surface area (Å²) in [7, 11) is 0. The van der Waals surface area contributed by atoms with E-state index in [1.165, 1.54) is 12.1 Å². The maximum Gasteiger partial charge on any atom is 0.433 e. The van der Waals surface area contributed by atoms with Gasteiger partial charge < -0.3 is 10.4 Å². The smallest absolute Gasteiger partial charge is 0.390 e. The highest BCUT2D eigenvalue weighted by Gasteiger charge is 2.40. The molecule has 0 spiro atoms. The van der Waals surface area contributed by atoms with Gasteiger partial charge in [0.1, 0.15) is 17.5 Å². The molecule has 32 heavy (non-hydrogen) atoms. The van der Waals surface area contributed by atoms with E-state index in [0.717, 1.165) is 25.0 Å². The summed E-state index contributed by atoms with van der Waals surface area (Å²) in [6.07, 6.45) is -1.34. The standard InChI is InChI=1S/C22H20F3N5O2/c1-21(2,32)14-8-15(9-14)30-11-13-7-17(12(10-26)6-18(13)29-30)28-20(31)16-4-3-5-19(27-16)22(23,24)25/h3-7,11,14-15,32H,8-9H2,1-2H3,(H,28,31)/t14-,15-. The number of nitrogens with one attached hydrogen (secondary N) is 1. The van der Waals surface area contributed by atoms with Gasteiger partial charge in [-0.3, -0.25) is 9.48 Å². The molecule has 0 aliphatic heterocycles. The Morgan fingerprint density at radius 1 is 1.28 bits per heavy atom. The van der Waals surface area contributed by atoms with E-state index in [9.17, 15) is 28.3 Å². The van der Waals surface area contributed by atoms with Gasteiger partial charge in [-0.2, -0.15) is 23.5 Å². The molecule has 166 valence electrons. The molecule has 1 aromatic carbocycles. The number of hydrogen-bond donors (Lipinski definition) is 2. The SMILES string of the molecule is CC(C)(O)[C@H]1C[C@H](n2cc3cc(NC(=O)c4cccc(C(F)(F)F)n4)c(C#N)cc3n2)C1. The number of benzene rings is 1. The summed E-state index contributed by atoms with van der Waals surface area (Å²) in [6.45, 7) is 3.56. The highest BCUT2D eigenvalue weighted by molar-refractivity contribution is 6.04. The minimum Gasteiger partial charge on any atom is -0.390 e. The Kier molecular flexibility index (Phi) is 5.17. The molecule has 1 aliphatic rings. The number of nitrogens with zero attached hydrogens (tertiary/aromatic N) is 4. The predicted molar refractivity (Wildman–Crippen MR) is 110 cm³/mol. The lowest BCUT2D eigenvalue weighted by Crippen LogP contribution is -2.41. The molecule has 0 radical (unpaired) electrons. The van der Waals surface area contributed by atoms with Crippen molar-refractivity contribution < 1.29 is 23.1 Å². The van der Waals surface area contributed by atoms with Crippen molar-refractivity contribution in [1.29, 1.82) is 5.26 Å². The van der Waals surface area contributed by atoms with E-state index in [2.05, 4.69) is 15.4 Å². The number of fused-ring (bicyclic) bond motifs is 1. The Balaban J connectivity index is 1.58. The number of amides is 1. The zero-order chi connectivity index (χ0) is 23.3. The van der Waals surface area contributed by atoms with E-state index in [1.54, 1.807) is 30.8 Å². The van der Waals surface area contributed by atoms with Crippen LogP contribution >= 0.6 is 0 Å². The van der Waals surface area contributed by atoms with Crippen molar-refractivity contribution in [1.82, 2.24) is 14.8 Å². The van der Waals surface area contributed by atoms with Crippen LogP contribution in [-0.2, 0) is 6.18 Å². The monoisotopic (exact) mass is 443 g/mol. The van der Waals surface area contributed by atoms with Crippen molar-refractivity contribution in [3.05, 3.63) is 53.5 Å². The number of rotatable bonds is 4. The van der Waals surface area contributed by atoms with Crippen LogP contribution in [0, 0.1) is 17.2 Å². The predicted octanol–water partition coefficient (Wildman–Crippen LogP) is 4.30. The zero-order valence-electron chi connectivity index (χ0n) is 17.3. The van der Waals surface area contributed by atoms with Crippen molar-refractivity contribution in [3.8, 4) is 6.07 Å². The summed E-state index contributed by atoms with van der Waals surface area (Å²) < 4.78 is 40.4. The fourth-order valence-electron chi connectivity index (χ4n) is 3.76.